The minimum atomic E-state index is -1.18. The molecular formula is C16H15F2NO2. The van der Waals surface area contributed by atoms with Crippen molar-refractivity contribution in [2.75, 3.05) is 11.4 Å². The number of carboxylic acids is 1. The highest BCUT2D eigenvalue weighted by atomic mass is 19.1. The van der Waals surface area contributed by atoms with Crippen LogP contribution in [0.4, 0.5) is 14.5 Å². The molecule has 0 fully saturated rings. The van der Waals surface area contributed by atoms with Crippen LogP contribution in [-0.2, 0) is 6.54 Å². The summed E-state index contributed by atoms with van der Waals surface area (Å²) in [6, 6.07) is 9.78. The summed E-state index contributed by atoms with van der Waals surface area (Å²) in [5.74, 6) is -2.12. The minimum absolute atomic E-state index is 0.0969. The van der Waals surface area contributed by atoms with E-state index in [0.29, 0.717) is 24.3 Å². The Morgan fingerprint density at radius 3 is 2.52 bits per heavy atom. The van der Waals surface area contributed by atoms with Gasteiger partial charge in [-0.25, -0.2) is 13.6 Å². The molecule has 3 nitrogen and oxygen atoms in total. The van der Waals surface area contributed by atoms with E-state index in [-0.39, 0.29) is 11.4 Å². The number of rotatable bonds is 5. The van der Waals surface area contributed by atoms with Crippen molar-refractivity contribution in [1.29, 1.82) is 0 Å². The fraction of sp³-hybridized carbons (Fsp3) is 0.188. The van der Waals surface area contributed by atoms with E-state index >= 15 is 0 Å². The number of aromatic carboxylic acids is 1. The van der Waals surface area contributed by atoms with Crippen molar-refractivity contribution >= 4 is 11.7 Å². The lowest BCUT2D eigenvalue weighted by Gasteiger charge is -2.23. The fourth-order valence-corrected chi connectivity index (χ4v) is 2.14. The van der Waals surface area contributed by atoms with Gasteiger partial charge in [0.25, 0.3) is 0 Å². The second-order valence-corrected chi connectivity index (χ2v) is 4.65. The molecule has 0 aliphatic heterocycles. The van der Waals surface area contributed by atoms with E-state index in [1.165, 1.54) is 24.3 Å². The van der Waals surface area contributed by atoms with Crippen LogP contribution in [0.5, 0.6) is 0 Å². The second-order valence-electron chi connectivity index (χ2n) is 4.65. The summed E-state index contributed by atoms with van der Waals surface area (Å²) in [4.78, 5) is 12.8. The van der Waals surface area contributed by atoms with Gasteiger partial charge in [0.2, 0.25) is 0 Å². The first-order valence-corrected chi connectivity index (χ1v) is 6.53. The van der Waals surface area contributed by atoms with E-state index in [1.807, 2.05) is 11.8 Å². The highest BCUT2D eigenvalue weighted by Crippen LogP contribution is 2.19. The van der Waals surface area contributed by atoms with E-state index in [1.54, 1.807) is 12.1 Å². The zero-order chi connectivity index (χ0) is 15.4. The summed E-state index contributed by atoms with van der Waals surface area (Å²) in [6.07, 6.45) is 0. The van der Waals surface area contributed by atoms with Crippen molar-refractivity contribution in [3.05, 3.63) is 65.2 Å². The number of hydrogen-bond acceptors (Lipinski definition) is 2. The normalized spacial score (nSPS) is 10.4. The Morgan fingerprint density at radius 1 is 1.14 bits per heavy atom. The number of halogens is 2. The minimum Gasteiger partial charge on any atom is -0.478 e. The zero-order valence-corrected chi connectivity index (χ0v) is 11.5. The van der Waals surface area contributed by atoms with Gasteiger partial charge in [0.05, 0.1) is 5.56 Å². The molecule has 0 radical (unpaired) electrons. The number of carboxylic acid groups (broad SMARTS) is 1. The summed E-state index contributed by atoms with van der Waals surface area (Å²) in [6.45, 7) is 2.78. The molecule has 0 spiro atoms. The van der Waals surface area contributed by atoms with Crippen molar-refractivity contribution in [1.82, 2.24) is 0 Å². The molecule has 5 heteroatoms. The number of hydrogen-bond donors (Lipinski definition) is 1. The molecule has 0 bridgehead atoms. The predicted octanol–water partition coefficient (Wildman–Crippen LogP) is 3.69. The molecule has 0 amide bonds. The summed E-state index contributed by atoms with van der Waals surface area (Å²) in [7, 11) is 0. The van der Waals surface area contributed by atoms with Crippen LogP contribution in [0.25, 0.3) is 0 Å². The standard InChI is InChI=1S/C16H15F2NO2/c1-2-19(15-5-3-4-13(17)9-15)10-11-6-12(16(20)21)8-14(18)7-11/h3-9H,2,10H2,1H3,(H,20,21). The van der Waals surface area contributed by atoms with Gasteiger partial charge in [-0.3, -0.25) is 0 Å². The molecule has 0 aliphatic carbocycles. The van der Waals surface area contributed by atoms with Crippen LogP contribution in [-0.4, -0.2) is 17.6 Å². The maximum absolute atomic E-state index is 13.5. The lowest BCUT2D eigenvalue weighted by molar-refractivity contribution is 0.0696. The monoisotopic (exact) mass is 291 g/mol. The largest absolute Gasteiger partial charge is 0.478 e. The fourth-order valence-electron chi connectivity index (χ4n) is 2.14. The lowest BCUT2D eigenvalue weighted by atomic mass is 10.1. The molecule has 0 saturated heterocycles. The maximum Gasteiger partial charge on any atom is 0.335 e. The van der Waals surface area contributed by atoms with Crippen LogP contribution < -0.4 is 4.90 Å². The zero-order valence-electron chi connectivity index (χ0n) is 11.5. The Labute approximate surface area is 121 Å². The van der Waals surface area contributed by atoms with Gasteiger partial charge in [-0.2, -0.15) is 0 Å². The molecule has 1 N–H and O–H groups in total. The number of anilines is 1. The van der Waals surface area contributed by atoms with Gasteiger partial charge >= 0.3 is 5.97 Å². The second kappa shape index (κ2) is 6.35. The number of carbonyl (C=O) groups is 1. The van der Waals surface area contributed by atoms with E-state index in [2.05, 4.69) is 0 Å². The van der Waals surface area contributed by atoms with Crippen LogP contribution in [0.15, 0.2) is 42.5 Å². The van der Waals surface area contributed by atoms with Crippen LogP contribution in [0.1, 0.15) is 22.8 Å². The summed E-state index contributed by atoms with van der Waals surface area (Å²) >= 11 is 0. The molecule has 110 valence electrons. The van der Waals surface area contributed by atoms with Gasteiger partial charge < -0.3 is 10.0 Å². The molecule has 0 heterocycles. The topological polar surface area (TPSA) is 40.5 Å². The average Bonchev–Trinajstić information content (AvgIpc) is 2.44. The molecule has 0 atom stereocenters. The van der Waals surface area contributed by atoms with Crippen molar-refractivity contribution < 1.29 is 18.7 Å². The van der Waals surface area contributed by atoms with Crippen LogP contribution in [0.3, 0.4) is 0 Å². The molecule has 0 unspecified atom stereocenters. The Bertz CT molecular complexity index is 658. The summed E-state index contributed by atoms with van der Waals surface area (Å²) in [5.41, 5.74) is 1.09. The van der Waals surface area contributed by atoms with Crippen molar-refractivity contribution in [3.63, 3.8) is 0 Å². The van der Waals surface area contributed by atoms with Crippen molar-refractivity contribution in [3.8, 4) is 0 Å². The maximum atomic E-state index is 13.5. The van der Waals surface area contributed by atoms with Gasteiger partial charge in [-0.05, 0) is 48.9 Å². The van der Waals surface area contributed by atoms with Gasteiger partial charge in [-0.1, -0.05) is 6.07 Å². The molecule has 2 aromatic rings. The van der Waals surface area contributed by atoms with Gasteiger partial charge in [0, 0.05) is 18.8 Å². The summed E-state index contributed by atoms with van der Waals surface area (Å²) in [5, 5.41) is 8.95. The number of benzene rings is 2. The third-order valence-corrected chi connectivity index (χ3v) is 3.13. The van der Waals surface area contributed by atoms with E-state index in [0.717, 1.165) is 6.07 Å². The first-order chi connectivity index (χ1) is 9.99. The third-order valence-electron chi connectivity index (χ3n) is 3.13. The van der Waals surface area contributed by atoms with E-state index < -0.39 is 11.8 Å². The van der Waals surface area contributed by atoms with Gasteiger partial charge in [0.1, 0.15) is 11.6 Å². The van der Waals surface area contributed by atoms with Crippen LogP contribution in [0, 0.1) is 11.6 Å². The van der Waals surface area contributed by atoms with E-state index in [4.69, 9.17) is 5.11 Å². The Balaban J connectivity index is 2.28. The highest BCUT2D eigenvalue weighted by molar-refractivity contribution is 5.87. The van der Waals surface area contributed by atoms with Gasteiger partial charge in [0.15, 0.2) is 0 Å². The summed E-state index contributed by atoms with van der Waals surface area (Å²) < 4.78 is 26.7. The van der Waals surface area contributed by atoms with Crippen LogP contribution >= 0.6 is 0 Å². The Kier molecular flexibility index (Phi) is 4.52. The third kappa shape index (κ3) is 3.78. The van der Waals surface area contributed by atoms with Gasteiger partial charge in [-0.15, -0.1) is 0 Å². The van der Waals surface area contributed by atoms with Crippen LogP contribution in [0.2, 0.25) is 0 Å². The Morgan fingerprint density at radius 2 is 1.90 bits per heavy atom. The first kappa shape index (κ1) is 15.0. The predicted molar refractivity (Wildman–Crippen MR) is 76.5 cm³/mol. The molecule has 2 rings (SSSR count). The smallest absolute Gasteiger partial charge is 0.335 e. The van der Waals surface area contributed by atoms with E-state index in [9.17, 15) is 13.6 Å². The first-order valence-electron chi connectivity index (χ1n) is 6.53. The lowest BCUT2D eigenvalue weighted by Crippen LogP contribution is -2.22. The molecule has 2 aromatic carbocycles. The molecule has 0 aromatic heterocycles. The molecule has 0 aliphatic rings. The van der Waals surface area contributed by atoms with Crippen molar-refractivity contribution in [2.45, 2.75) is 13.5 Å². The molecule has 21 heavy (non-hydrogen) atoms. The average molecular weight is 291 g/mol. The highest BCUT2D eigenvalue weighted by Gasteiger charge is 2.11. The quantitative estimate of drug-likeness (QED) is 0.913. The van der Waals surface area contributed by atoms with Crippen molar-refractivity contribution in [2.24, 2.45) is 0 Å². The SMILES string of the molecule is CCN(Cc1cc(F)cc(C(=O)O)c1)c1cccc(F)c1. The number of nitrogens with zero attached hydrogens (tertiary/aromatic N) is 1. The molecule has 0 saturated carbocycles. The molecular weight excluding hydrogens is 276 g/mol. The Hall–Kier alpha value is -2.43.